The molecule has 2 aromatic carbocycles. The van der Waals surface area contributed by atoms with Gasteiger partial charge in [-0.3, -0.25) is 38.8 Å². The Hall–Kier alpha value is -5.26. The van der Waals surface area contributed by atoms with Crippen molar-refractivity contribution in [2.75, 3.05) is 41.4 Å². The molecule has 0 bridgehead atoms. The Labute approximate surface area is 229 Å². The van der Waals surface area contributed by atoms with Gasteiger partial charge in [0.15, 0.2) is 0 Å². The zero-order chi connectivity index (χ0) is 29.1. The summed E-state index contributed by atoms with van der Waals surface area (Å²) in [6.45, 7) is 0.145. The van der Waals surface area contributed by atoms with E-state index in [2.05, 4.69) is 0 Å². The molecule has 2 saturated heterocycles. The number of ether oxygens (including phenoxy) is 2. The van der Waals surface area contributed by atoms with Crippen LogP contribution in [0.3, 0.4) is 0 Å². The second-order valence-electron chi connectivity index (χ2n) is 8.91. The Kier molecular flexibility index (Phi) is 7.80. The van der Waals surface area contributed by atoms with Crippen molar-refractivity contribution in [1.29, 1.82) is 0 Å². The van der Waals surface area contributed by atoms with Gasteiger partial charge in [-0.1, -0.05) is 36.4 Å². The Morgan fingerprint density at radius 1 is 0.525 bits per heavy atom. The number of barbiturate groups is 2. The van der Waals surface area contributed by atoms with Gasteiger partial charge in [0.1, 0.15) is 35.9 Å². The van der Waals surface area contributed by atoms with Crippen LogP contribution in [0.2, 0.25) is 0 Å². The summed E-state index contributed by atoms with van der Waals surface area (Å²) in [4.78, 5) is 77.7. The Bertz CT molecular complexity index is 1330. The predicted molar refractivity (Wildman–Crippen MR) is 142 cm³/mol. The number of nitrogens with zero attached hydrogens (tertiary/aromatic N) is 4. The van der Waals surface area contributed by atoms with Crippen LogP contribution in [0.4, 0.5) is 9.59 Å². The number of urea groups is 2. The van der Waals surface area contributed by atoms with Crippen LogP contribution >= 0.6 is 0 Å². The molecule has 206 valence electrons. The molecular weight excluding hydrogens is 520 g/mol. The average Bonchev–Trinajstić information content (AvgIpc) is 2.96. The number of carbonyl (C=O) groups excluding carboxylic acids is 6. The molecule has 0 aliphatic carbocycles. The lowest BCUT2D eigenvalue weighted by atomic mass is 10.1. The van der Waals surface area contributed by atoms with Crippen LogP contribution < -0.4 is 9.47 Å². The summed E-state index contributed by atoms with van der Waals surface area (Å²) in [7, 11) is 5.19. The second kappa shape index (κ2) is 11.2. The molecule has 0 N–H and O–H groups in total. The fourth-order valence-corrected chi connectivity index (χ4v) is 4.03. The number of carbonyl (C=O) groups is 6. The van der Waals surface area contributed by atoms with Crippen molar-refractivity contribution < 1.29 is 38.2 Å². The van der Waals surface area contributed by atoms with Crippen LogP contribution in [-0.2, 0) is 19.2 Å². The molecule has 2 aliphatic heterocycles. The molecule has 0 aromatic heterocycles. The minimum atomic E-state index is -0.714. The third kappa shape index (κ3) is 5.19. The number of hydrogen-bond acceptors (Lipinski definition) is 8. The summed E-state index contributed by atoms with van der Waals surface area (Å²) in [5, 5.41) is 0. The number of para-hydroxylation sites is 2. The van der Waals surface area contributed by atoms with E-state index in [0.717, 1.165) is 19.6 Å². The first kappa shape index (κ1) is 27.8. The number of rotatable bonds is 7. The molecule has 0 radical (unpaired) electrons. The monoisotopic (exact) mass is 546 g/mol. The topological polar surface area (TPSA) is 134 Å². The standard InChI is InChI=1S/C28H26N4O8/c1-29-23(33)19(24(34)30(2)27(29)37)15-17-9-5-7-11-21(17)39-13-14-40-22-12-8-6-10-18(22)16-20-25(35)31(3)28(38)32(4)26(20)36/h5-12,15-16H,13-14H2,1-4H3. The lowest BCUT2D eigenvalue weighted by Crippen LogP contribution is -2.52. The predicted octanol–water partition coefficient (Wildman–Crippen LogP) is 2.01. The maximum atomic E-state index is 12.6. The summed E-state index contributed by atoms with van der Waals surface area (Å²) in [6, 6.07) is 12.1. The van der Waals surface area contributed by atoms with Crippen molar-refractivity contribution in [3.05, 3.63) is 70.8 Å². The van der Waals surface area contributed by atoms with Gasteiger partial charge < -0.3 is 9.47 Å². The highest BCUT2D eigenvalue weighted by molar-refractivity contribution is 6.31. The van der Waals surface area contributed by atoms with Crippen LogP contribution in [-0.4, -0.2) is 96.7 Å². The van der Waals surface area contributed by atoms with E-state index >= 15 is 0 Å². The molecule has 0 saturated carbocycles. The number of likely N-dealkylation sites (N-methyl/N-ethyl adjacent to an activating group) is 4. The fourth-order valence-electron chi connectivity index (χ4n) is 4.03. The zero-order valence-corrected chi connectivity index (χ0v) is 22.2. The van der Waals surface area contributed by atoms with E-state index in [1.165, 1.54) is 40.3 Å². The summed E-state index contributed by atoms with van der Waals surface area (Å²) < 4.78 is 11.7. The van der Waals surface area contributed by atoms with E-state index in [4.69, 9.17) is 9.47 Å². The molecule has 2 aromatic rings. The molecule has 0 spiro atoms. The highest BCUT2D eigenvalue weighted by atomic mass is 16.5. The van der Waals surface area contributed by atoms with Crippen LogP contribution in [0.5, 0.6) is 11.5 Å². The minimum absolute atomic E-state index is 0.0725. The van der Waals surface area contributed by atoms with Gasteiger partial charge in [0, 0.05) is 39.3 Å². The normalized spacial score (nSPS) is 16.2. The van der Waals surface area contributed by atoms with E-state index in [0.29, 0.717) is 22.6 Å². The van der Waals surface area contributed by atoms with Crippen LogP contribution in [0, 0.1) is 0 Å². The zero-order valence-electron chi connectivity index (χ0n) is 22.2. The van der Waals surface area contributed by atoms with E-state index in [9.17, 15) is 28.8 Å². The van der Waals surface area contributed by atoms with E-state index < -0.39 is 35.7 Å². The lowest BCUT2D eigenvalue weighted by Gasteiger charge is -2.29. The van der Waals surface area contributed by atoms with E-state index in [1.807, 2.05) is 0 Å². The molecule has 12 nitrogen and oxygen atoms in total. The smallest absolute Gasteiger partial charge is 0.333 e. The number of benzene rings is 2. The maximum absolute atomic E-state index is 12.6. The Morgan fingerprint density at radius 3 is 1.15 bits per heavy atom. The van der Waals surface area contributed by atoms with Crippen molar-refractivity contribution in [1.82, 2.24) is 19.6 Å². The Morgan fingerprint density at radius 2 is 0.825 bits per heavy atom. The van der Waals surface area contributed by atoms with E-state index in [1.54, 1.807) is 48.5 Å². The molecule has 0 unspecified atom stereocenters. The third-order valence-electron chi connectivity index (χ3n) is 6.32. The summed E-state index contributed by atoms with van der Waals surface area (Å²) in [6.07, 6.45) is 2.75. The summed E-state index contributed by atoms with van der Waals surface area (Å²) >= 11 is 0. The SMILES string of the molecule is CN1C(=O)C(=Cc2ccccc2OCCOc2ccccc2C=C2C(=O)N(C)C(=O)N(C)C2=O)C(=O)N(C)C1=O. The molecule has 4 rings (SSSR count). The van der Waals surface area contributed by atoms with Gasteiger partial charge in [0.25, 0.3) is 23.6 Å². The maximum Gasteiger partial charge on any atom is 0.333 e. The molecular formula is C28H26N4O8. The molecule has 12 heteroatoms. The van der Waals surface area contributed by atoms with Crippen molar-refractivity contribution in [2.45, 2.75) is 0 Å². The van der Waals surface area contributed by atoms with Crippen molar-refractivity contribution in [3.63, 3.8) is 0 Å². The van der Waals surface area contributed by atoms with Gasteiger partial charge in [-0.25, -0.2) is 9.59 Å². The molecule has 0 atom stereocenters. The third-order valence-corrected chi connectivity index (χ3v) is 6.32. The van der Waals surface area contributed by atoms with Gasteiger partial charge in [0.2, 0.25) is 0 Å². The summed E-state index contributed by atoms with van der Waals surface area (Å²) in [5.74, 6) is -2.10. The molecule has 2 heterocycles. The number of imide groups is 4. The molecule has 8 amide bonds. The highest BCUT2D eigenvalue weighted by Gasteiger charge is 2.39. The largest absolute Gasteiger partial charge is 0.489 e. The van der Waals surface area contributed by atoms with Gasteiger partial charge in [-0.05, 0) is 24.3 Å². The van der Waals surface area contributed by atoms with Gasteiger partial charge in [0.05, 0.1) is 0 Å². The first-order valence-electron chi connectivity index (χ1n) is 12.1. The minimum Gasteiger partial charge on any atom is -0.489 e. The van der Waals surface area contributed by atoms with Gasteiger partial charge in [-0.2, -0.15) is 0 Å². The number of hydrogen-bond donors (Lipinski definition) is 0. The number of amides is 8. The van der Waals surface area contributed by atoms with Crippen LogP contribution in [0.1, 0.15) is 11.1 Å². The van der Waals surface area contributed by atoms with E-state index in [-0.39, 0.29) is 24.4 Å². The van der Waals surface area contributed by atoms with Crippen LogP contribution in [0.25, 0.3) is 12.2 Å². The van der Waals surface area contributed by atoms with Gasteiger partial charge in [-0.15, -0.1) is 0 Å². The Balaban J connectivity index is 1.47. The first-order chi connectivity index (χ1) is 19.0. The van der Waals surface area contributed by atoms with Crippen molar-refractivity contribution in [3.8, 4) is 11.5 Å². The molecule has 40 heavy (non-hydrogen) atoms. The molecule has 2 fully saturated rings. The van der Waals surface area contributed by atoms with Crippen LogP contribution in [0.15, 0.2) is 59.7 Å². The fraction of sp³-hybridized carbons (Fsp3) is 0.214. The second-order valence-corrected chi connectivity index (χ2v) is 8.91. The van der Waals surface area contributed by atoms with Crippen molar-refractivity contribution in [2.24, 2.45) is 0 Å². The molecule has 2 aliphatic rings. The average molecular weight is 547 g/mol. The highest BCUT2D eigenvalue weighted by Crippen LogP contribution is 2.26. The lowest BCUT2D eigenvalue weighted by molar-refractivity contribution is -0.135. The summed E-state index contributed by atoms with van der Waals surface area (Å²) in [5.41, 5.74) is 0.558. The quantitative estimate of drug-likeness (QED) is 0.293. The first-order valence-corrected chi connectivity index (χ1v) is 12.1. The van der Waals surface area contributed by atoms with Gasteiger partial charge >= 0.3 is 12.1 Å². The van der Waals surface area contributed by atoms with Crippen molar-refractivity contribution >= 4 is 47.8 Å².